The van der Waals surface area contributed by atoms with Crippen molar-refractivity contribution in [3.05, 3.63) is 57.3 Å². The van der Waals surface area contributed by atoms with Gasteiger partial charge < -0.3 is 19.5 Å². The number of aromatic nitrogens is 4. The van der Waals surface area contributed by atoms with Crippen LogP contribution in [0.15, 0.2) is 29.2 Å². The summed E-state index contributed by atoms with van der Waals surface area (Å²) in [6.45, 7) is 8.82. The van der Waals surface area contributed by atoms with Gasteiger partial charge in [0.1, 0.15) is 23.7 Å². The fraction of sp³-hybridized carbons (Fsp3) is 0.435. The van der Waals surface area contributed by atoms with Crippen LogP contribution in [0.3, 0.4) is 0 Å². The lowest BCUT2D eigenvalue weighted by atomic mass is 9.93. The summed E-state index contributed by atoms with van der Waals surface area (Å²) in [4.78, 5) is 45.5. The number of hydrogen-bond acceptors (Lipinski definition) is 6. The van der Waals surface area contributed by atoms with Gasteiger partial charge in [0.15, 0.2) is 0 Å². The van der Waals surface area contributed by atoms with E-state index in [4.69, 9.17) is 4.74 Å². The van der Waals surface area contributed by atoms with Crippen LogP contribution in [0.4, 0.5) is 5.82 Å². The second kappa shape index (κ2) is 7.51. The van der Waals surface area contributed by atoms with Gasteiger partial charge in [-0.3, -0.25) is 14.4 Å². The maximum Gasteiger partial charge on any atom is 0.280 e. The number of aryl methyl sites for hydroxylation is 1. The molecule has 1 fully saturated rings. The van der Waals surface area contributed by atoms with Crippen molar-refractivity contribution in [1.82, 2.24) is 24.1 Å². The van der Waals surface area contributed by atoms with E-state index in [1.54, 1.807) is 27.8 Å². The number of amides is 2. The molecule has 33 heavy (non-hydrogen) atoms. The van der Waals surface area contributed by atoms with Crippen LogP contribution in [0.5, 0.6) is 0 Å². The highest BCUT2D eigenvalue weighted by Gasteiger charge is 2.41. The molecule has 1 saturated heterocycles. The number of anilines is 1. The van der Waals surface area contributed by atoms with Gasteiger partial charge in [0.25, 0.3) is 11.5 Å². The first-order valence-corrected chi connectivity index (χ1v) is 10.9. The maximum absolute atomic E-state index is 13.4. The molecule has 5 rings (SSSR count). The van der Waals surface area contributed by atoms with Crippen LogP contribution in [0.2, 0.25) is 0 Å². The summed E-state index contributed by atoms with van der Waals surface area (Å²) in [5, 5.41) is 7.31. The molecule has 10 nitrogen and oxygen atoms in total. The van der Waals surface area contributed by atoms with Crippen LogP contribution in [0, 0.1) is 6.92 Å². The Kier molecular flexibility index (Phi) is 4.86. The van der Waals surface area contributed by atoms with Crippen molar-refractivity contribution in [3.63, 3.8) is 0 Å². The maximum atomic E-state index is 13.4. The Labute approximate surface area is 190 Å². The minimum absolute atomic E-state index is 0.0687. The molecule has 5 heterocycles. The molecule has 0 unspecified atom stereocenters. The largest absolute Gasteiger partial charge is 0.377 e. The SMILES string of the molecule is Cc1ccc(NC(=O)Cn2c3c(c(=O)n4nc(C(C)(C)C)cc24)CN(C2COC2)C3=O)nc1. The first kappa shape index (κ1) is 21.3. The smallest absolute Gasteiger partial charge is 0.280 e. The molecule has 0 spiro atoms. The summed E-state index contributed by atoms with van der Waals surface area (Å²) < 4.78 is 8.15. The van der Waals surface area contributed by atoms with E-state index in [0.29, 0.717) is 35.9 Å². The van der Waals surface area contributed by atoms with Crippen molar-refractivity contribution >= 4 is 23.3 Å². The summed E-state index contributed by atoms with van der Waals surface area (Å²) in [6, 6.07) is 5.29. The van der Waals surface area contributed by atoms with Gasteiger partial charge in [-0.25, -0.2) is 4.98 Å². The van der Waals surface area contributed by atoms with Crippen LogP contribution < -0.4 is 10.9 Å². The summed E-state index contributed by atoms with van der Waals surface area (Å²) in [5.74, 6) is -0.198. The van der Waals surface area contributed by atoms with Crippen molar-refractivity contribution < 1.29 is 14.3 Å². The van der Waals surface area contributed by atoms with Crippen LogP contribution in [0.25, 0.3) is 5.65 Å². The van der Waals surface area contributed by atoms with E-state index in [2.05, 4.69) is 15.4 Å². The Bertz CT molecular complexity index is 1330. The lowest BCUT2D eigenvalue weighted by Gasteiger charge is -2.34. The first-order chi connectivity index (χ1) is 15.6. The molecule has 3 aromatic rings. The monoisotopic (exact) mass is 450 g/mol. The van der Waals surface area contributed by atoms with E-state index in [9.17, 15) is 14.4 Å². The summed E-state index contributed by atoms with van der Waals surface area (Å²) in [5.41, 5.74) is 2.05. The van der Waals surface area contributed by atoms with Crippen LogP contribution >= 0.6 is 0 Å². The van der Waals surface area contributed by atoms with Gasteiger partial charge >= 0.3 is 0 Å². The second-order valence-electron chi connectivity index (χ2n) is 9.66. The third kappa shape index (κ3) is 3.60. The third-order valence-electron chi connectivity index (χ3n) is 6.08. The van der Waals surface area contributed by atoms with E-state index in [1.807, 2.05) is 33.8 Å². The van der Waals surface area contributed by atoms with Gasteiger partial charge in [-0.1, -0.05) is 26.8 Å². The zero-order valence-corrected chi connectivity index (χ0v) is 19.1. The molecule has 2 aliphatic rings. The van der Waals surface area contributed by atoms with Gasteiger partial charge in [-0.05, 0) is 18.6 Å². The zero-order valence-electron chi connectivity index (χ0n) is 19.1. The van der Waals surface area contributed by atoms with E-state index < -0.39 is 0 Å². The highest BCUT2D eigenvalue weighted by molar-refractivity contribution is 5.98. The molecule has 10 heteroatoms. The number of carbonyl (C=O) groups excluding carboxylic acids is 2. The highest BCUT2D eigenvalue weighted by Crippen LogP contribution is 2.28. The van der Waals surface area contributed by atoms with Gasteiger partial charge in [-0.15, -0.1) is 0 Å². The number of pyridine rings is 1. The second-order valence-corrected chi connectivity index (χ2v) is 9.66. The number of fused-ring (bicyclic) bond motifs is 2. The topological polar surface area (TPSA) is 111 Å². The van der Waals surface area contributed by atoms with Crippen LogP contribution in [-0.4, -0.2) is 55.1 Å². The molecule has 0 aromatic carbocycles. The highest BCUT2D eigenvalue weighted by atomic mass is 16.5. The standard InChI is InChI=1S/C23H26N6O4/c1-13-5-6-17(24-8-13)25-18(30)10-28-19-7-16(23(2,3)4)26-29(19)21(31)15-9-27(14-11-33-12-14)22(32)20(15)28/h5-8,14H,9-12H2,1-4H3,(H,24,25,30). The van der Waals surface area contributed by atoms with Crippen molar-refractivity contribution in [2.45, 2.75) is 52.2 Å². The molecule has 172 valence electrons. The third-order valence-corrected chi connectivity index (χ3v) is 6.08. The molecule has 2 amide bonds. The Hall–Kier alpha value is -3.53. The number of ether oxygens (including phenoxy) is 1. The Morgan fingerprint density at radius 2 is 2.00 bits per heavy atom. The van der Waals surface area contributed by atoms with E-state index in [0.717, 1.165) is 5.56 Å². The van der Waals surface area contributed by atoms with E-state index in [1.165, 1.54) is 4.52 Å². The molecular formula is C23H26N6O4. The van der Waals surface area contributed by atoms with Gasteiger partial charge in [0.05, 0.1) is 37.1 Å². The average molecular weight is 450 g/mol. The van der Waals surface area contributed by atoms with Crippen molar-refractivity contribution in [3.8, 4) is 0 Å². The van der Waals surface area contributed by atoms with E-state index >= 15 is 0 Å². The predicted octanol–water partition coefficient (Wildman–Crippen LogP) is 1.49. The molecule has 3 aromatic heterocycles. The summed E-state index contributed by atoms with van der Waals surface area (Å²) in [6.07, 6.45) is 1.67. The van der Waals surface area contributed by atoms with Crippen molar-refractivity contribution in [2.24, 2.45) is 0 Å². The Morgan fingerprint density at radius 1 is 1.24 bits per heavy atom. The average Bonchev–Trinajstić information content (AvgIpc) is 3.29. The van der Waals surface area contributed by atoms with E-state index in [-0.39, 0.29) is 47.6 Å². The minimum Gasteiger partial charge on any atom is -0.377 e. The molecule has 1 N–H and O–H groups in total. The van der Waals surface area contributed by atoms with Gasteiger partial charge in [0.2, 0.25) is 5.91 Å². The molecule has 0 bridgehead atoms. The quantitative estimate of drug-likeness (QED) is 0.645. The predicted molar refractivity (Wildman–Crippen MR) is 120 cm³/mol. The minimum atomic E-state index is -0.351. The number of nitrogens with one attached hydrogen (secondary N) is 1. The summed E-state index contributed by atoms with van der Waals surface area (Å²) >= 11 is 0. The number of rotatable bonds is 4. The lowest BCUT2D eigenvalue weighted by molar-refractivity contribution is -0.116. The molecule has 0 aliphatic carbocycles. The van der Waals surface area contributed by atoms with Crippen molar-refractivity contribution in [1.29, 1.82) is 0 Å². The normalized spacial score (nSPS) is 16.2. The molecule has 0 saturated carbocycles. The summed E-state index contributed by atoms with van der Waals surface area (Å²) in [7, 11) is 0. The number of nitrogens with zero attached hydrogens (tertiary/aromatic N) is 5. The fourth-order valence-electron chi connectivity index (χ4n) is 4.08. The Balaban J connectivity index is 1.60. The van der Waals surface area contributed by atoms with Crippen LogP contribution in [0.1, 0.15) is 48.1 Å². The van der Waals surface area contributed by atoms with Gasteiger partial charge in [0, 0.05) is 17.7 Å². The molecule has 0 atom stereocenters. The number of carbonyl (C=O) groups is 2. The zero-order chi connectivity index (χ0) is 23.5. The Morgan fingerprint density at radius 3 is 2.61 bits per heavy atom. The molecule has 2 aliphatic heterocycles. The number of hydrogen-bond donors (Lipinski definition) is 1. The fourth-order valence-corrected chi connectivity index (χ4v) is 4.08. The van der Waals surface area contributed by atoms with Crippen LogP contribution in [-0.2, 0) is 28.0 Å². The van der Waals surface area contributed by atoms with Gasteiger partial charge in [-0.2, -0.15) is 9.61 Å². The molecule has 0 radical (unpaired) electrons. The van der Waals surface area contributed by atoms with Crippen molar-refractivity contribution in [2.75, 3.05) is 18.5 Å². The first-order valence-electron chi connectivity index (χ1n) is 10.9. The lowest BCUT2D eigenvalue weighted by Crippen LogP contribution is -2.49. The molecular weight excluding hydrogens is 424 g/mol.